The Labute approximate surface area is 276 Å². The van der Waals surface area contributed by atoms with Crippen LogP contribution in [-0.2, 0) is 14.8 Å². The van der Waals surface area contributed by atoms with Gasteiger partial charge in [0.25, 0.3) is 0 Å². The lowest BCUT2D eigenvalue weighted by Crippen LogP contribution is -2.41. The summed E-state index contributed by atoms with van der Waals surface area (Å²) in [4.78, 5) is 24.7. The van der Waals surface area contributed by atoms with Crippen molar-refractivity contribution in [3.8, 4) is 16.9 Å². The molecule has 0 unspecified atom stereocenters. The quantitative estimate of drug-likeness (QED) is 0.211. The summed E-state index contributed by atoms with van der Waals surface area (Å²) in [7, 11) is -0.273. The Hall–Kier alpha value is -3.90. The lowest BCUT2D eigenvalue weighted by atomic mass is 9.89. The molecule has 0 bridgehead atoms. The number of nitrogens with one attached hydrogen (secondary N) is 1. The number of aryl methyl sites for hydroxylation is 1. The third-order valence-corrected chi connectivity index (χ3v) is 9.93. The number of methoxy groups -OCH3 is 1. The highest BCUT2D eigenvalue weighted by Gasteiger charge is 2.28. The summed E-state index contributed by atoms with van der Waals surface area (Å²) in [6.07, 6.45) is 4.39. The molecule has 1 amide bonds. The van der Waals surface area contributed by atoms with Gasteiger partial charge in [0.05, 0.1) is 41.2 Å². The smallest absolute Gasteiger partial charge is 0.410 e. The first-order chi connectivity index (χ1) is 21.7. The summed E-state index contributed by atoms with van der Waals surface area (Å²) in [5.41, 5.74) is 4.35. The monoisotopic (exact) mass is 667 g/mol. The van der Waals surface area contributed by atoms with Gasteiger partial charge in [0, 0.05) is 36.1 Å². The van der Waals surface area contributed by atoms with Crippen LogP contribution in [0.3, 0.4) is 0 Å². The number of rotatable bonds is 7. The van der Waals surface area contributed by atoms with E-state index in [1.807, 2.05) is 71.9 Å². The number of piperidine rings is 1. The van der Waals surface area contributed by atoms with Gasteiger partial charge in [-0.1, -0.05) is 38.1 Å². The van der Waals surface area contributed by atoms with Crippen molar-refractivity contribution in [1.82, 2.24) is 14.9 Å². The summed E-state index contributed by atoms with van der Waals surface area (Å²) in [5.74, 6) is 1.37. The van der Waals surface area contributed by atoms with Crippen LogP contribution < -0.4 is 14.4 Å². The predicted octanol–water partition coefficient (Wildman–Crippen LogP) is 7.96. The Bertz CT molecular complexity index is 1790. The molecular formula is C34H45N5O5S2. The molecule has 1 saturated heterocycles. The van der Waals surface area contributed by atoms with Crippen molar-refractivity contribution in [1.29, 1.82) is 0 Å². The maximum absolute atomic E-state index is 12.5. The van der Waals surface area contributed by atoms with Crippen molar-refractivity contribution in [2.45, 2.75) is 65.9 Å². The van der Waals surface area contributed by atoms with Gasteiger partial charge in [-0.25, -0.2) is 23.2 Å². The molecule has 1 N–H and O–H groups in total. The van der Waals surface area contributed by atoms with E-state index < -0.39 is 15.6 Å². The lowest BCUT2D eigenvalue weighted by molar-refractivity contribution is 0.0204. The minimum atomic E-state index is -3.46. The number of fused-ring (bicyclic) bond motifs is 1. The van der Waals surface area contributed by atoms with Crippen LogP contribution in [0.1, 0.15) is 63.8 Å². The largest absolute Gasteiger partial charge is 0.495 e. The Morgan fingerprint density at radius 3 is 2.41 bits per heavy atom. The molecule has 10 nitrogen and oxygen atoms in total. The minimum Gasteiger partial charge on any atom is -0.495 e. The maximum atomic E-state index is 12.5. The summed E-state index contributed by atoms with van der Waals surface area (Å²) >= 11 is 1.57. The van der Waals surface area contributed by atoms with E-state index in [-0.39, 0.29) is 6.09 Å². The van der Waals surface area contributed by atoms with Crippen LogP contribution in [-0.4, -0.2) is 68.5 Å². The number of anilines is 3. The first-order valence-corrected chi connectivity index (χ1v) is 18.1. The molecule has 12 heteroatoms. The molecule has 1 aliphatic rings. The topological polar surface area (TPSA) is 114 Å². The molecule has 46 heavy (non-hydrogen) atoms. The highest BCUT2D eigenvalue weighted by molar-refractivity contribution is 7.92. The molecule has 4 aromatic rings. The van der Waals surface area contributed by atoms with Gasteiger partial charge in [0.2, 0.25) is 16.0 Å². The molecule has 1 fully saturated rings. The van der Waals surface area contributed by atoms with E-state index in [2.05, 4.69) is 16.4 Å². The number of nitrogens with zero attached hydrogens (tertiary/aromatic N) is 4. The van der Waals surface area contributed by atoms with Gasteiger partial charge in [-0.05, 0) is 70.2 Å². The molecule has 248 valence electrons. The number of likely N-dealkylation sites (tertiary alicyclic amines) is 1. The molecular weight excluding hydrogens is 623 g/mol. The number of sulfonamides is 1. The number of aromatic nitrogens is 2. The van der Waals surface area contributed by atoms with Gasteiger partial charge < -0.3 is 19.7 Å². The second-order valence-electron chi connectivity index (χ2n) is 12.0. The standard InChI is InChI=1S/C32H39N5O5S2.C2H6/c1-20-28(23-10-8-9-11-25(23)36(5)44(7,39)40)29-27(43-20)19-33-30(35-29)34-24-13-12-22(18-26(24)41-6)21-14-16-37(17-15-21)31(38)42-32(2,3)4;1-2/h8-13,18-19,21H,14-17H2,1-7H3,(H,33,34,35);1-2H3. The number of hydrogen-bond acceptors (Lipinski definition) is 9. The van der Waals surface area contributed by atoms with Crippen LogP contribution in [0.25, 0.3) is 21.3 Å². The van der Waals surface area contributed by atoms with Crippen LogP contribution in [0.5, 0.6) is 5.75 Å². The molecule has 0 atom stereocenters. The van der Waals surface area contributed by atoms with Gasteiger partial charge in [0.1, 0.15) is 11.4 Å². The van der Waals surface area contributed by atoms with Gasteiger partial charge in [-0.3, -0.25) is 4.31 Å². The van der Waals surface area contributed by atoms with Crippen molar-refractivity contribution in [3.63, 3.8) is 0 Å². The summed E-state index contributed by atoms with van der Waals surface area (Å²) in [6.45, 7) is 12.9. The molecule has 2 aromatic carbocycles. The number of thiophene rings is 1. The molecule has 2 aromatic heterocycles. The zero-order chi connectivity index (χ0) is 33.8. The fraction of sp³-hybridized carbons (Fsp3) is 0.441. The molecule has 5 rings (SSSR count). The van der Waals surface area contributed by atoms with Gasteiger partial charge in [0.15, 0.2) is 0 Å². The first-order valence-electron chi connectivity index (χ1n) is 15.5. The van der Waals surface area contributed by atoms with Crippen LogP contribution in [0.15, 0.2) is 48.7 Å². The molecule has 0 spiro atoms. The highest BCUT2D eigenvalue weighted by atomic mass is 32.2. The van der Waals surface area contributed by atoms with Crippen molar-refractivity contribution in [3.05, 3.63) is 59.1 Å². The van der Waals surface area contributed by atoms with Crippen molar-refractivity contribution in [2.24, 2.45) is 0 Å². The molecule has 0 saturated carbocycles. The Kier molecular flexibility index (Phi) is 10.8. The Morgan fingerprint density at radius 1 is 1.11 bits per heavy atom. The molecule has 0 aliphatic carbocycles. The minimum absolute atomic E-state index is 0.264. The third-order valence-electron chi connectivity index (χ3n) is 7.71. The van der Waals surface area contributed by atoms with E-state index in [1.54, 1.807) is 42.7 Å². The number of para-hydroxylation sites is 1. The van der Waals surface area contributed by atoms with E-state index in [0.717, 1.165) is 50.3 Å². The predicted molar refractivity (Wildman–Crippen MR) is 188 cm³/mol. The maximum Gasteiger partial charge on any atom is 0.410 e. The average molecular weight is 668 g/mol. The number of carbonyl (C=O) groups excluding carboxylic acids is 1. The average Bonchev–Trinajstić information content (AvgIpc) is 3.35. The number of benzene rings is 2. The normalized spacial score (nSPS) is 14.0. The number of amides is 1. The van der Waals surface area contributed by atoms with E-state index in [9.17, 15) is 13.2 Å². The third kappa shape index (κ3) is 7.90. The van der Waals surface area contributed by atoms with E-state index in [4.69, 9.17) is 14.5 Å². The van der Waals surface area contributed by atoms with E-state index in [1.165, 1.54) is 10.6 Å². The van der Waals surface area contributed by atoms with E-state index >= 15 is 0 Å². The zero-order valence-electron chi connectivity index (χ0n) is 28.2. The van der Waals surface area contributed by atoms with Crippen molar-refractivity contribution < 1.29 is 22.7 Å². The number of ether oxygens (including phenoxy) is 2. The zero-order valence-corrected chi connectivity index (χ0v) is 29.8. The van der Waals surface area contributed by atoms with Gasteiger partial charge >= 0.3 is 6.09 Å². The molecule has 3 heterocycles. The summed E-state index contributed by atoms with van der Waals surface area (Å²) in [5, 5.41) is 3.32. The SMILES string of the molecule is CC.COc1cc(C2CCN(C(=O)OC(C)(C)C)CC2)ccc1Nc1ncc2sc(C)c(-c3ccccc3N(C)S(C)(=O)=O)c2n1. The second-order valence-corrected chi connectivity index (χ2v) is 15.3. The van der Waals surface area contributed by atoms with Gasteiger partial charge in [-0.15, -0.1) is 11.3 Å². The first kappa shape index (κ1) is 35.0. The fourth-order valence-electron chi connectivity index (χ4n) is 5.43. The molecule has 0 radical (unpaired) electrons. The molecule has 1 aliphatic heterocycles. The fourth-order valence-corrected chi connectivity index (χ4v) is 6.94. The summed E-state index contributed by atoms with van der Waals surface area (Å²) < 4.78 is 38.3. The number of carbonyl (C=O) groups is 1. The van der Waals surface area contributed by atoms with Crippen LogP contribution >= 0.6 is 11.3 Å². The van der Waals surface area contributed by atoms with Crippen LogP contribution in [0.2, 0.25) is 0 Å². The van der Waals surface area contributed by atoms with Crippen LogP contribution in [0, 0.1) is 6.92 Å². The Balaban J connectivity index is 0.00000235. The Morgan fingerprint density at radius 2 is 1.78 bits per heavy atom. The summed E-state index contributed by atoms with van der Waals surface area (Å²) in [6, 6.07) is 13.5. The highest BCUT2D eigenvalue weighted by Crippen LogP contribution is 2.42. The van der Waals surface area contributed by atoms with Crippen molar-refractivity contribution >= 4 is 55.0 Å². The number of hydrogen-bond donors (Lipinski definition) is 1. The van der Waals surface area contributed by atoms with Crippen LogP contribution in [0.4, 0.5) is 22.1 Å². The lowest BCUT2D eigenvalue weighted by Gasteiger charge is -2.33. The van der Waals surface area contributed by atoms with Crippen molar-refractivity contribution in [2.75, 3.05) is 43.1 Å². The van der Waals surface area contributed by atoms with E-state index in [0.29, 0.717) is 36.4 Å². The second kappa shape index (κ2) is 14.3. The van der Waals surface area contributed by atoms with Gasteiger partial charge in [-0.2, -0.15) is 0 Å².